The molecule has 380 valence electrons. The van der Waals surface area contributed by atoms with Crippen LogP contribution >= 0.6 is 19.6 Å². The number of unbranched alkanes of at least 4 members (excludes halogenated alkanes) is 6. The highest BCUT2D eigenvalue weighted by Crippen LogP contribution is 2.43. The number of allylic oxidation sites excluding steroid dienone is 17. The van der Waals surface area contributed by atoms with Gasteiger partial charge in [-0.05, 0) is 77.0 Å². The van der Waals surface area contributed by atoms with Crippen LogP contribution in [0.25, 0.3) is 0 Å². The van der Waals surface area contributed by atoms with Gasteiger partial charge in [-0.15, -0.1) is 11.8 Å². The molecule has 0 aromatic rings. The van der Waals surface area contributed by atoms with E-state index in [1.54, 1.807) is 18.2 Å². The van der Waals surface area contributed by atoms with Gasteiger partial charge in [0.25, 0.3) is 0 Å². The average molecular weight is 980 g/mol. The van der Waals surface area contributed by atoms with E-state index in [9.17, 15) is 34.1 Å². The van der Waals surface area contributed by atoms with Crippen LogP contribution in [0.1, 0.15) is 129 Å². The fourth-order valence-electron chi connectivity index (χ4n) is 5.57. The maximum absolute atomic E-state index is 13.2. The molecule has 0 aliphatic carbocycles. The number of ether oxygens (including phenoxy) is 2. The van der Waals surface area contributed by atoms with Gasteiger partial charge in [0, 0.05) is 23.8 Å². The zero-order chi connectivity index (χ0) is 49.6. The molecule has 7 N–H and O–H groups in total. The number of aliphatic hydroxyl groups excluding tert-OH is 3. The number of rotatable bonds is 43. The first-order valence-electron chi connectivity index (χ1n) is 23.8. The number of thioether (sulfide) groups is 1. The molecule has 67 heavy (non-hydrogen) atoms. The van der Waals surface area contributed by atoms with Gasteiger partial charge in [-0.1, -0.05) is 149 Å². The van der Waals surface area contributed by atoms with Gasteiger partial charge in [0.2, 0.25) is 0 Å². The van der Waals surface area contributed by atoms with Crippen molar-refractivity contribution in [2.75, 3.05) is 32.2 Å². The molecule has 0 rings (SSSR count). The molecule has 0 bridgehead atoms. The molecule has 14 nitrogen and oxygen atoms in total. The first-order valence-corrected chi connectivity index (χ1v) is 26.3. The van der Waals surface area contributed by atoms with Crippen molar-refractivity contribution in [1.29, 1.82) is 0 Å². The third-order valence-corrected chi connectivity index (χ3v) is 11.8. The fourth-order valence-corrected chi connectivity index (χ4v) is 7.49. The van der Waals surface area contributed by atoms with E-state index in [0.29, 0.717) is 12.8 Å². The molecule has 0 aromatic heterocycles. The number of aliphatic hydroxyl groups is 3. The van der Waals surface area contributed by atoms with Crippen LogP contribution in [0.3, 0.4) is 0 Å². The number of phosphoric acid groups is 1. The molecular weight excluding hydrogens is 898 g/mol. The molecular formula is C51H82NO13PS. The number of carboxylic acid groups (broad SMARTS) is 1. The Balaban J connectivity index is 5.26. The van der Waals surface area contributed by atoms with Crippen molar-refractivity contribution in [2.45, 2.75) is 159 Å². The van der Waals surface area contributed by atoms with Crippen LogP contribution in [0.2, 0.25) is 0 Å². The number of esters is 2. The molecule has 0 spiro atoms. The van der Waals surface area contributed by atoms with E-state index in [2.05, 4.69) is 73.1 Å². The van der Waals surface area contributed by atoms with Gasteiger partial charge in [-0.3, -0.25) is 23.4 Å². The summed E-state index contributed by atoms with van der Waals surface area (Å²) in [5.74, 6) is -2.60. The summed E-state index contributed by atoms with van der Waals surface area (Å²) in [5.41, 5.74) is 6.18. The molecule has 0 amide bonds. The third-order valence-electron chi connectivity index (χ3n) is 9.41. The highest BCUT2D eigenvalue weighted by atomic mass is 32.2. The standard InChI is InChI=1S/C51H82NO13PS/c1-3-5-7-9-11-13-15-17-18-19-20-21-22-23-25-27-29-31-33-38-50(58)62-41-45(42-64-66(60,61)63-40-44(54)39-53)65-51(59)46(52)43-67-48(47(55)35-34-37-49(56)57)36-32-30-28-26-24-16-14-12-10-8-6-4-2/h11-14,17-18,20-21,23-26,28-32,36,44-48,53-55H,3-10,15-16,19,22,27,33-35,37-43,52H2,1-2H3,(H,56,57)(H,60,61)/b13-11-,14-12-,18-17-,21-20-,25-23-,26-24-,30-28+,31-29-,36-32+/t44-,45+,46-,47-,48+/m0/s1. The lowest BCUT2D eigenvalue weighted by Gasteiger charge is -2.23. The van der Waals surface area contributed by atoms with Gasteiger partial charge in [0.1, 0.15) is 18.8 Å². The van der Waals surface area contributed by atoms with Crippen molar-refractivity contribution in [3.8, 4) is 0 Å². The maximum atomic E-state index is 13.2. The first kappa shape index (κ1) is 63.4. The highest BCUT2D eigenvalue weighted by molar-refractivity contribution is 8.00. The van der Waals surface area contributed by atoms with Crippen LogP contribution in [0, 0.1) is 0 Å². The summed E-state index contributed by atoms with van der Waals surface area (Å²) in [5, 5.41) is 37.9. The monoisotopic (exact) mass is 980 g/mol. The SMILES string of the molecule is CCCCC/C=C\C\C=C/C=C/C=C/[C@@H](SC[C@H](N)C(=O)O[C@H](COC(=O)CC/C=C\C/C=C\C/C=C\C/C=C\C/C=C\CCCCC)COP(=O)(O)OC[C@@H](O)CO)[C@@H](O)CCCC(=O)O. The van der Waals surface area contributed by atoms with Gasteiger partial charge in [-0.25, -0.2) is 4.57 Å². The Morgan fingerprint density at radius 1 is 0.657 bits per heavy atom. The number of hydrogen-bond acceptors (Lipinski definition) is 13. The summed E-state index contributed by atoms with van der Waals surface area (Å²) in [4.78, 5) is 46.9. The Kier molecular flexibility index (Phi) is 42.4. The molecule has 0 radical (unpaired) electrons. The van der Waals surface area contributed by atoms with Gasteiger partial charge in [0.15, 0.2) is 6.10 Å². The number of carboxylic acids is 1. The summed E-state index contributed by atoms with van der Waals surface area (Å²) in [6, 6.07) is -1.26. The van der Waals surface area contributed by atoms with Crippen LogP contribution in [0.15, 0.2) is 109 Å². The van der Waals surface area contributed by atoms with E-state index in [0.717, 1.165) is 50.3 Å². The largest absolute Gasteiger partial charge is 0.481 e. The van der Waals surface area contributed by atoms with Crippen molar-refractivity contribution in [3.05, 3.63) is 109 Å². The van der Waals surface area contributed by atoms with E-state index in [1.165, 1.54) is 38.5 Å². The predicted octanol–water partition coefficient (Wildman–Crippen LogP) is 9.87. The summed E-state index contributed by atoms with van der Waals surface area (Å²) >= 11 is 1.15. The van der Waals surface area contributed by atoms with Gasteiger partial charge in [0.05, 0.1) is 25.9 Å². The second-order valence-electron chi connectivity index (χ2n) is 15.6. The third kappa shape index (κ3) is 42.2. The summed E-state index contributed by atoms with van der Waals surface area (Å²) in [6.07, 6.45) is 46.9. The normalized spacial score (nSPS) is 15.9. The second kappa shape index (κ2) is 44.9. The number of hydrogen-bond donors (Lipinski definition) is 6. The lowest BCUT2D eigenvalue weighted by atomic mass is 10.1. The van der Waals surface area contributed by atoms with Crippen LogP contribution in [-0.4, -0.2) is 105 Å². The Morgan fingerprint density at radius 2 is 1.18 bits per heavy atom. The van der Waals surface area contributed by atoms with E-state index < -0.39 is 81.8 Å². The Morgan fingerprint density at radius 3 is 1.73 bits per heavy atom. The molecule has 0 fully saturated rings. The molecule has 0 aromatic carbocycles. The van der Waals surface area contributed by atoms with Crippen molar-refractivity contribution >= 4 is 37.5 Å². The quantitative estimate of drug-likeness (QED) is 0.0110. The zero-order valence-corrected chi connectivity index (χ0v) is 41.7. The van der Waals surface area contributed by atoms with E-state index in [1.807, 2.05) is 36.5 Å². The van der Waals surface area contributed by atoms with E-state index in [-0.39, 0.29) is 31.4 Å². The number of nitrogens with two attached hydrogens (primary N) is 1. The molecule has 0 heterocycles. The molecule has 0 saturated carbocycles. The van der Waals surface area contributed by atoms with Gasteiger partial charge in [-0.2, -0.15) is 0 Å². The lowest BCUT2D eigenvalue weighted by Crippen LogP contribution is -2.40. The van der Waals surface area contributed by atoms with Gasteiger partial charge >= 0.3 is 25.7 Å². The maximum Gasteiger partial charge on any atom is 0.472 e. The number of carbonyl (C=O) groups excluding carboxylic acids is 2. The Labute approximate surface area is 405 Å². The highest BCUT2D eigenvalue weighted by Gasteiger charge is 2.29. The smallest absolute Gasteiger partial charge is 0.472 e. The molecule has 0 aliphatic rings. The summed E-state index contributed by atoms with van der Waals surface area (Å²) in [6.45, 7) is 1.64. The minimum Gasteiger partial charge on any atom is -0.481 e. The van der Waals surface area contributed by atoms with Crippen LogP contribution in [-0.2, 0) is 37.5 Å². The predicted molar refractivity (Wildman–Crippen MR) is 270 cm³/mol. The second-order valence-corrected chi connectivity index (χ2v) is 18.3. The van der Waals surface area contributed by atoms with Crippen molar-refractivity contribution in [2.24, 2.45) is 5.73 Å². The minimum atomic E-state index is -4.81. The Hall–Kier alpha value is -3.63. The first-order chi connectivity index (χ1) is 32.3. The molecule has 0 aliphatic heterocycles. The lowest BCUT2D eigenvalue weighted by molar-refractivity contribution is -0.161. The number of phosphoric ester groups is 1. The number of aliphatic carboxylic acids is 1. The van der Waals surface area contributed by atoms with E-state index in [4.69, 9.17) is 29.9 Å². The van der Waals surface area contributed by atoms with Gasteiger partial charge < -0.3 is 40.5 Å². The minimum absolute atomic E-state index is 0.00909. The fraction of sp³-hybridized carbons (Fsp3) is 0.588. The van der Waals surface area contributed by atoms with Crippen molar-refractivity contribution < 1.29 is 62.8 Å². The molecule has 0 saturated heterocycles. The van der Waals surface area contributed by atoms with Crippen LogP contribution in [0.4, 0.5) is 0 Å². The topological polar surface area (TPSA) is 232 Å². The zero-order valence-electron chi connectivity index (χ0n) is 40.0. The molecule has 6 atom stereocenters. The summed E-state index contributed by atoms with van der Waals surface area (Å²) < 4.78 is 32.8. The van der Waals surface area contributed by atoms with E-state index >= 15 is 0 Å². The summed E-state index contributed by atoms with van der Waals surface area (Å²) in [7, 11) is -4.81. The van der Waals surface area contributed by atoms with Crippen LogP contribution < -0.4 is 5.73 Å². The molecule has 1 unspecified atom stereocenters. The Bertz CT molecular complexity index is 1610. The molecule has 16 heteroatoms. The van der Waals surface area contributed by atoms with Crippen molar-refractivity contribution in [3.63, 3.8) is 0 Å². The average Bonchev–Trinajstić information content (AvgIpc) is 3.30. The van der Waals surface area contributed by atoms with Crippen LogP contribution in [0.5, 0.6) is 0 Å². The van der Waals surface area contributed by atoms with Crippen molar-refractivity contribution in [1.82, 2.24) is 0 Å². The number of carbonyl (C=O) groups is 3.